The number of para-hydroxylation sites is 1. The zero-order valence-electron chi connectivity index (χ0n) is 16.1. The smallest absolute Gasteiger partial charge is 0.312 e. The Morgan fingerprint density at radius 2 is 2.07 bits per heavy atom. The molecule has 2 aromatic heterocycles. The minimum atomic E-state index is -0.491. The fraction of sp³-hybridized carbons (Fsp3) is 0.550. The summed E-state index contributed by atoms with van der Waals surface area (Å²) in [7, 11) is 0. The molecule has 0 spiro atoms. The van der Waals surface area contributed by atoms with E-state index in [9.17, 15) is 4.79 Å². The molecule has 1 fully saturated rings. The van der Waals surface area contributed by atoms with Gasteiger partial charge in [-0.05, 0) is 41.8 Å². The molecular weight excluding hydrogens is 374 g/mol. The van der Waals surface area contributed by atoms with E-state index in [0.29, 0.717) is 12.2 Å². The van der Waals surface area contributed by atoms with Crippen LogP contribution in [0.5, 0.6) is 0 Å². The highest BCUT2D eigenvalue weighted by molar-refractivity contribution is 7.18. The molecule has 4 rings (SSSR count). The van der Waals surface area contributed by atoms with Gasteiger partial charge in [0.25, 0.3) is 0 Å². The molecule has 28 heavy (non-hydrogen) atoms. The SMILES string of the molecule is CCCn1nnnc1COC(=O)C1(Cc2nc3ccccc3s2)CCCCC1. The van der Waals surface area contributed by atoms with Crippen LogP contribution < -0.4 is 0 Å². The van der Waals surface area contributed by atoms with E-state index < -0.39 is 5.41 Å². The van der Waals surface area contributed by atoms with Crippen molar-refractivity contribution < 1.29 is 9.53 Å². The molecule has 0 unspecified atom stereocenters. The van der Waals surface area contributed by atoms with Crippen LogP contribution in [0.3, 0.4) is 0 Å². The fourth-order valence-corrected chi connectivity index (χ4v) is 5.07. The molecule has 1 saturated carbocycles. The van der Waals surface area contributed by atoms with E-state index in [2.05, 4.69) is 28.5 Å². The second kappa shape index (κ2) is 8.34. The van der Waals surface area contributed by atoms with Crippen LogP contribution in [0.15, 0.2) is 24.3 Å². The molecular formula is C20H25N5O2S. The molecule has 148 valence electrons. The molecule has 0 N–H and O–H groups in total. The number of ether oxygens (including phenoxy) is 1. The molecule has 3 aromatic rings. The average Bonchev–Trinajstić information content (AvgIpc) is 3.33. The second-order valence-electron chi connectivity index (χ2n) is 7.49. The van der Waals surface area contributed by atoms with Crippen LogP contribution in [-0.4, -0.2) is 31.2 Å². The Labute approximate surface area is 168 Å². The van der Waals surface area contributed by atoms with Gasteiger partial charge in [-0.15, -0.1) is 16.4 Å². The van der Waals surface area contributed by atoms with Gasteiger partial charge in [0, 0.05) is 13.0 Å². The van der Waals surface area contributed by atoms with Crippen molar-refractivity contribution in [2.24, 2.45) is 5.41 Å². The highest BCUT2D eigenvalue weighted by atomic mass is 32.1. The number of aryl methyl sites for hydroxylation is 1. The Morgan fingerprint density at radius 1 is 1.25 bits per heavy atom. The van der Waals surface area contributed by atoms with Crippen molar-refractivity contribution in [3.05, 3.63) is 35.1 Å². The van der Waals surface area contributed by atoms with Crippen LogP contribution in [0.2, 0.25) is 0 Å². The van der Waals surface area contributed by atoms with Crippen LogP contribution in [0.25, 0.3) is 10.2 Å². The summed E-state index contributed by atoms with van der Waals surface area (Å²) in [6, 6.07) is 8.12. The van der Waals surface area contributed by atoms with Crippen LogP contribution in [-0.2, 0) is 29.1 Å². The van der Waals surface area contributed by atoms with Gasteiger partial charge < -0.3 is 4.74 Å². The molecule has 0 atom stereocenters. The lowest BCUT2D eigenvalue weighted by atomic mass is 9.72. The van der Waals surface area contributed by atoms with Gasteiger partial charge in [-0.2, -0.15) is 0 Å². The third kappa shape index (κ3) is 3.92. The van der Waals surface area contributed by atoms with Gasteiger partial charge in [-0.25, -0.2) is 9.67 Å². The highest BCUT2D eigenvalue weighted by Gasteiger charge is 2.42. The van der Waals surface area contributed by atoms with Crippen molar-refractivity contribution in [1.82, 2.24) is 25.2 Å². The van der Waals surface area contributed by atoms with Gasteiger partial charge in [0.15, 0.2) is 12.4 Å². The van der Waals surface area contributed by atoms with E-state index in [1.807, 2.05) is 18.2 Å². The van der Waals surface area contributed by atoms with Gasteiger partial charge in [0.2, 0.25) is 0 Å². The van der Waals surface area contributed by atoms with Crippen LogP contribution >= 0.6 is 11.3 Å². The largest absolute Gasteiger partial charge is 0.457 e. The van der Waals surface area contributed by atoms with E-state index in [1.54, 1.807) is 16.0 Å². The van der Waals surface area contributed by atoms with Gasteiger partial charge in [-0.3, -0.25) is 4.79 Å². The average molecular weight is 400 g/mol. The predicted molar refractivity (Wildman–Crippen MR) is 107 cm³/mol. The van der Waals surface area contributed by atoms with E-state index in [-0.39, 0.29) is 12.6 Å². The molecule has 1 aromatic carbocycles. The highest BCUT2D eigenvalue weighted by Crippen LogP contribution is 2.41. The van der Waals surface area contributed by atoms with Gasteiger partial charge in [0.05, 0.1) is 20.6 Å². The first-order valence-electron chi connectivity index (χ1n) is 9.97. The molecule has 7 nitrogen and oxygen atoms in total. The number of nitrogens with zero attached hydrogens (tertiary/aromatic N) is 5. The molecule has 2 heterocycles. The number of rotatable bonds is 7. The van der Waals surface area contributed by atoms with E-state index in [1.165, 1.54) is 6.42 Å². The van der Waals surface area contributed by atoms with Crippen molar-refractivity contribution in [2.75, 3.05) is 0 Å². The number of fused-ring (bicyclic) bond motifs is 1. The number of aromatic nitrogens is 5. The summed E-state index contributed by atoms with van der Waals surface area (Å²) in [6.07, 6.45) is 6.53. The van der Waals surface area contributed by atoms with E-state index in [4.69, 9.17) is 9.72 Å². The van der Waals surface area contributed by atoms with Crippen LogP contribution in [0.4, 0.5) is 0 Å². The first-order chi connectivity index (χ1) is 13.7. The first-order valence-corrected chi connectivity index (χ1v) is 10.8. The van der Waals surface area contributed by atoms with Gasteiger partial charge in [0.1, 0.15) is 0 Å². The summed E-state index contributed by atoms with van der Waals surface area (Å²) in [5.74, 6) is 0.457. The zero-order valence-corrected chi connectivity index (χ0v) is 17.0. The second-order valence-corrected chi connectivity index (χ2v) is 8.60. The van der Waals surface area contributed by atoms with Crippen molar-refractivity contribution in [3.8, 4) is 0 Å². The van der Waals surface area contributed by atoms with Crippen molar-refractivity contribution >= 4 is 27.5 Å². The number of carbonyl (C=O) groups excluding carboxylic acids is 1. The number of esters is 1. The molecule has 0 saturated heterocycles. The number of thiazole rings is 1. The van der Waals surface area contributed by atoms with E-state index in [0.717, 1.165) is 53.9 Å². The number of tetrazole rings is 1. The Bertz CT molecular complexity index is 912. The molecule has 0 amide bonds. The molecule has 1 aliphatic carbocycles. The summed E-state index contributed by atoms with van der Waals surface area (Å²) in [5, 5.41) is 12.7. The third-order valence-corrected chi connectivity index (χ3v) is 6.48. The van der Waals surface area contributed by atoms with Crippen molar-refractivity contribution in [3.63, 3.8) is 0 Å². The Hall–Kier alpha value is -2.35. The molecule has 0 aliphatic heterocycles. The quantitative estimate of drug-likeness (QED) is 0.560. The van der Waals surface area contributed by atoms with Crippen molar-refractivity contribution in [1.29, 1.82) is 0 Å². The monoisotopic (exact) mass is 399 g/mol. The summed E-state index contributed by atoms with van der Waals surface area (Å²) in [4.78, 5) is 17.9. The number of benzene rings is 1. The number of hydrogen-bond acceptors (Lipinski definition) is 7. The lowest BCUT2D eigenvalue weighted by Gasteiger charge is -2.34. The topological polar surface area (TPSA) is 82.8 Å². The lowest BCUT2D eigenvalue weighted by Crippen LogP contribution is -2.37. The fourth-order valence-electron chi connectivity index (χ4n) is 3.96. The standard InChI is InChI=1S/C20H25N5O2S/c1-2-12-25-17(22-23-24-25)14-27-19(26)20(10-6-3-7-11-20)13-18-21-15-8-4-5-9-16(15)28-18/h4-5,8-9H,2-3,6-7,10-14H2,1H3. The summed E-state index contributed by atoms with van der Waals surface area (Å²) in [5.41, 5.74) is 0.510. The normalized spacial score (nSPS) is 16.3. The predicted octanol–water partition coefficient (Wildman–Crippen LogP) is 3.93. The molecule has 1 aliphatic rings. The Balaban J connectivity index is 1.51. The molecule has 0 bridgehead atoms. The number of carbonyl (C=O) groups is 1. The van der Waals surface area contributed by atoms with E-state index >= 15 is 0 Å². The van der Waals surface area contributed by atoms with Crippen LogP contribution in [0, 0.1) is 5.41 Å². The minimum absolute atomic E-state index is 0.118. The zero-order chi connectivity index (χ0) is 19.4. The Kier molecular flexibility index (Phi) is 5.66. The van der Waals surface area contributed by atoms with Crippen LogP contribution in [0.1, 0.15) is 56.3 Å². The molecule has 8 heteroatoms. The maximum atomic E-state index is 13.2. The van der Waals surface area contributed by atoms with Gasteiger partial charge >= 0.3 is 5.97 Å². The maximum absolute atomic E-state index is 13.2. The number of hydrogen-bond donors (Lipinski definition) is 0. The lowest BCUT2D eigenvalue weighted by molar-refractivity contribution is -0.160. The maximum Gasteiger partial charge on any atom is 0.312 e. The minimum Gasteiger partial charge on any atom is -0.457 e. The van der Waals surface area contributed by atoms with Gasteiger partial charge in [-0.1, -0.05) is 38.3 Å². The first kappa shape index (κ1) is 19.0. The third-order valence-electron chi connectivity index (χ3n) is 5.45. The summed E-state index contributed by atoms with van der Waals surface area (Å²) in [6.45, 7) is 2.90. The van der Waals surface area contributed by atoms with Crippen molar-refractivity contribution in [2.45, 2.75) is 65.0 Å². The summed E-state index contributed by atoms with van der Waals surface area (Å²) >= 11 is 1.68. The Morgan fingerprint density at radius 3 is 2.86 bits per heavy atom. The summed E-state index contributed by atoms with van der Waals surface area (Å²) < 4.78 is 8.60. The molecule has 0 radical (unpaired) electrons.